The summed E-state index contributed by atoms with van der Waals surface area (Å²) in [6, 6.07) is 1.45. The number of aromatic nitrogens is 3. The van der Waals surface area contributed by atoms with Crippen molar-refractivity contribution in [2.75, 3.05) is 5.32 Å². The summed E-state index contributed by atoms with van der Waals surface area (Å²) in [5.74, 6) is -3.62. The molecule has 4 heterocycles. The van der Waals surface area contributed by atoms with Crippen molar-refractivity contribution in [3.63, 3.8) is 0 Å². The Kier molecular flexibility index (Phi) is 5.24. The van der Waals surface area contributed by atoms with Crippen molar-refractivity contribution in [1.29, 1.82) is 0 Å². The zero-order chi connectivity index (χ0) is 23.6. The number of pyridine rings is 1. The van der Waals surface area contributed by atoms with Gasteiger partial charge in [-0.3, -0.25) is 9.48 Å². The molecule has 174 valence electrons. The van der Waals surface area contributed by atoms with Gasteiger partial charge in [0.1, 0.15) is 5.82 Å². The van der Waals surface area contributed by atoms with Gasteiger partial charge in [0.2, 0.25) is 5.91 Å². The number of carbonyl (C=O) groups excluding carboxylic acids is 1. The molecule has 2 aliphatic rings. The maximum atomic E-state index is 13.5. The molecule has 2 fully saturated rings. The summed E-state index contributed by atoms with van der Waals surface area (Å²) in [6.45, 7) is 1.32. The van der Waals surface area contributed by atoms with E-state index in [0.29, 0.717) is 6.07 Å². The smallest absolute Gasteiger partial charge is 0.390 e. The molecule has 0 aromatic carbocycles. The Balaban J connectivity index is 1.69. The Hall–Kier alpha value is -2.67. The van der Waals surface area contributed by atoms with Crippen molar-refractivity contribution in [2.24, 2.45) is 13.0 Å². The van der Waals surface area contributed by atoms with Crippen molar-refractivity contribution in [3.05, 3.63) is 40.8 Å². The van der Waals surface area contributed by atoms with Gasteiger partial charge in [-0.1, -0.05) is 0 Å². The van der Waals surface area contributed by atoms with Gasteiger partial charge in [0.05, 0.1) is 29.8 Å². The van der Waals surface area contributed by atoms with Crippen LogP contribution >= 0.6 is 0 Å². The monoisotopic (exact) mass is 464 g/mol. The first-order valence-corrected chi connectivity index (χ1v) is 9.56. The minimum absolute atomic E-state index is 0.00194. The standard InChI is InChI=1S/C19H18F6N4O3/c1-7-3-8(18(20,21)22)4-12(26-7)27-17(31)14-11-5-10(30)15(32-11)13(14)9-6-29(2)28-16(9)19(23,24)25/h3-4,6,10-11,13-15,30H,5H2,1-2H3,(H,26,27,31). The van der Waals surface area contributed by atoms with Crippen LogP contribution in [0.25, 0.3) is 0 Å². The molecule has 2 N–H and O–H groups in total. The number of aliphatic hydroxyl groups excluding tert-OH is 1. The molecule has 1 amide bonds. The van der Waals surface area contributed by atoms with E-state index in [4.69, 9.17) is 4.74 Å². The molecule has 32 heavy (non-hydrogen) atoms. The molecule has 2 aliphatic heterocycles. The number of hydrogen-bond donors (Lipinski definition) is 2. The van der Waals surface area contributed by atoms with Crippen LogP contribution in [0.1, 0.15) is 34.9 Å². The van der Waals surface area contributed by atoms with Crippen LogP contribution in [0.15, 0.2) is 18.3 Å². The molecule has 0 radical (unpaired) electrons. The third kappa shape index (κ3) is 3.94. The first-order chi connectivity index (χ1) is 14.8. The number of carbonyl (C=O) groups is 1. The molecule has 7 nitrogen and oxygen atoms in total. The van der Waals surface area contributed by atoms with Gasteiger partial charge in [-0.25, -0.2) is 4.98 Å². The Morgan fingerprint density at radius 3 is 2.53 bits per heavy atom. The van der Waals surface area contributed by atoms with Crippen molar-refractivity contribution >= 4 is 11.7 Å². The molecule has 5 atom stereocenters. The zero-order valence-electron chi connectivity index (χ0n) is 16.7. The second kappa shape index (κ2) is 7.44. The summed E-state index contributed by atoms with van der Waals surface area (Å²) < 4.78 is 86.4. The molecule has 2 aromatic heterocycles. The fraction of sp³-hybridized carbons (Fsp3) is 0.526. The van der Waals surface area contributed by atoms with Gasteiger partial charge >= 0.3 is 12.4 Å². The van der Waals surface area contributed by atoms with Crippen LogP contribution in [-0.2, 0) is 28.9 Å². The number of alkyl halides is 6. The van der Waals surface area contributed by atoms with Crippen LogP contribution in [-0.4, -0.2) is 44.1 Å². The molecule has 5 unspecified atom stereocenters. The van der Waals surface area contributed by atoms with Gasteiger partial charge in [0.25, 0.3) is 0 Å². The summed E-state index contributed by atoms with van der Waals surface area (Å²) in [4.78, 5) is 16.9. The van der Waals surface area contributed by atoms with Gasteiger partial charge in [0.15, 0.2) is 5.69 Å². The van der Waals surface area contributed by atoms with Crippen molar-refractivity contribution in [1.82, 2.24) is 14.8 Å². The van der Waals surface area contributed by atoms with E-state index in [2.05, 4.69) is 15.4 Å². The lowest BCUT2D eigenvalue weighted by Gasteiger charge is -2.30. The predicted molar refractivity (Wildman–Crippen MR) is 96.3 cm³/mol. The summed E-state index contributed by atoms with van der Waals surface area (Å²) in [5, 5.41) is 15.9. The van der Waals surface area contributed by atoms with Gasteiger partial charge < -0.3 is 15.2 Å². The maximum Gasteiger partial charge on any atom is 0.435 e. The van der Waals surface area contributed by atoms with Crippen molar-refractivity contribution in [3.8, 4) is 0 Å². The number of amides is 1. The lowest BCUT2D eigenvalue weighted by atomic mass is 9.74. The molecule has 13 heteroatoms. The minimum atomic E-state index is -4.82. The number of hydrogen-bond acceptors (Lipinski definition) is 5. The molecule has 0 saturated carbocycles. The predicted octanol–water partition coefficient (Wildman–Crippen LogP) is 3.03. The van der Waals surface area contributed by atoms with Crippen molar-refractivity contribution < 1.29 is 41.0 Å². The first-order valence-electron chi connectivity index (χ1n) is 9.56. The van der Waals surface area contributed by atoms with E-state index < -0.39 is 59.7 Å². The fourth-order valence-electron chi connectivity index (χ4n) is 4.49. The second-order valence-corrected chi connectivity index (χ2v) is 7.97. The number of fused-ring (bicyclic) bond motifs is 2. The largest absolute Gasteiger partial charge is 0.435 e. The normalized spacial score (nSPS) is 27.7. The average Bonchev–Trinajstić information content (AvgIpc) is 3.31. The number of rotatable bonds is 3. The molecular formula is C19H18F6N4O3. The zero-order valence-corrected chi connectivity index (χ0v) is 16.7. The molecular weight excluding hydrogens is 446 g/mol. The lowest BCUT2D eigenvalue weighted by molar-refractivity contribution is -0.143. The fourth-order valence-corrected chi connectivity index (χ4v) is 4.49. The lowest BCUT2D eigenvalue weighted by Crippen LogP contribution is -2.41. The van der Waals surface area contributed by atoms with Crippen LogP contribution in [0.5, 0.6) is 0 Å². The molecule has 2 bridgehead atoms. The van der Waals surface area contributed by atoms with E-state index >= 15 is 0 Å². The summed E-state index contributed by atoms with van der Waals surface area (Å²) in [5.41, 5.74) is -2.56. The molecule has 0 aliphatic carbocycles. The highest BCUT2D eigenvalue weighted by molar-refractivity contribution is 5.93. The van der Waals surface area contributed by atoms with E-state index in [9.17, 15) is 36.2 Å². The number of aryl methyl sites for hydroxylation is 2. The molecule has 2 aromatic rings. The highest BCUT2D eigenvalue weighted by Crippen LogP contribution is 2.51. The summed E-state index contributed by atoms with van der Waals surface area (Å²) >= 11 is 0. The minimum Gasteiger partial charge on any atom is -0.390 e. The first kappa shape index (κ1) is 22.5. The Bertz CT molecular complexity index is 1050. The number of nitrogens with zero attached hydrogens (tertiary/aromatic N) is 3. The van der Waals surface area contributed by atoms with E-state index in [-0.39, 0.29) is 23.5 Å². The van der Waals surface area contributed by atoms with Gasteiger partial charge in [0, 0.05) is 36.8 Å². The van der Waals surface area contributed by atoms with Crippen LogP contribution in [0.4, 0.5) is 32.2 Å². The Morgan fingerprint density at radius 2 is 1.91 bits per heavy atom. The maximum absolute atomic E-state index is 13.5. The van der Waals surface area contributed by atoms with E-state index in [1.807, 2.05) is 0 Å². The number of nitrogens with one attached hydrogen (secondary N) is 1. The SMILES string of the molecule is Cc1cc(C(F)(F)F)cc(NC(=O)C2C3CC(O)C(O3)C2c2cn(C)nc2C(F)(F)F)n1. The quantitative estimate of drug-likeness (QED) is 0.682. The molecule has 4 rings (SSSR count). The van der Waals surface area contributed by atoms with Crippen LogP contribution in [0.3, 0.4) is 0 Å². The number of ether oxygens (including phenoxy) is 1. The second-order valence-electron chi connectivity index (χ2n) is 7.97. The van der Waals surface area contributed by atoms with E-state index in [1.54, 1.807) is 0 Å². The number of halogens is 6. The highest BCUT2D eigenvalue weighted by Gasteiger charge is 2.59. The third-order valence-corrected chi connectivity index (χ3v) is 5.65. The van der Waals surface area contributed by atoms with Crippen molar-refractivity contribution in [2.45, 2.75) is 49.9 Å². The van der Waals surface area contributed by atoms with E-state index in [1.165, 1.54) is 14.0 Å². The topological polar surface area (TPSA) is 89.3 Å². The summed E-state index contributed by atoms with van der Waals surface area (Å²) in [6.07, 6.45) is -11.5. The van der Waals surface area contributed by atoms with Crippen LogP contribution in [0.2, 0.25) is 0 Å². The van der Waals surface area contributed by atoms with Gasteiger partial charge in [-0.15, -0.1) is 0 Å². The number of aliphatic hydroxyl groups is 1. The molecule has 0 spiro atoms. The Morgan fingerprint density at radius 1 is 1.22 bits per heavy atom. The van der Waals surface area contributed by atoms with Crippen LogP contribution in [0, 0.1) is 12.8 Å². The Labute approximate surface area is 177 Å². The van der Waals surface area contributed by atoms with Crippen LogP contribution < -0.4 is 5.32 Å². The van der Waals surface area contributed by atoms with Gasteiger partial charge in [-0.05, 0) is 19.1 Å². The number of anilines is 1. The highest BCUT2D eigenvalue weighted by atomic mass is 19.4. The molecule has 2 saturated heterocycles. The summed E-state index contributed by atoms with van der Waals surface area (Å²) in [7, 11) is 1.29. The van der Waals surface area contributed by atoms with Gasteiger partial charge in [-0.2, -0.15) is 31.4 Å². The third-order valence-electron chi connectivity index (χ3n) is 5.65. The average molecular weight is 464 g/mol. The van der Waals surface area contributed by atoms with E-state index in [0.717, 1.165) is 16.9 Å².